The Hall–Kier alpha value is -0.620. The molecule has 5 nitrogen and oxygen atoms in total. The Morgan fingerprint density at radius 2 is 1.93 bits per heavy atom. The molecule has 0 aromatic carbocycles. The molecule has 2 aliphatic heterocycles. The van der Waals surface area contributed by atoms with Gasteiger partial charge in [-0.25, -0.2) is 8.42 Å². The van der Waals surface area contributed by atoms with Gasteiger partial charge in [-0.3, -0.25) is 9.69 Å². The van der Waals surface area contributed by atoms with Gasteiger partial charge in [-0.05, 0) is 5.92 Å². The highest BCUT2D eigenvalue weighted by molar-refractivity contribution is 7.92. The van der Waals surface area contributed by atoms with E-state index >= 15 is 0 Å². The molecular formula is C8H13NO4S. The first-order valence-corrected chi connectivity index (χ1v) is 6.45. The number of sulfone groups is 1. The SMILES string of the molecule is O=C(O)CC1CN(C2CS(=O)(=O)C2)C1. The second-order valence-electron chi connectivity index (χ2n) is 4.15. The van der Waals surface area contributed by atoms with E-state index in [9.17, 15) is 13.2 Å². The van der Waals surface area contributed by atoms with Crippen molar-refractivity contribution in [2.45, 2.75) is 12.5 Å². The van der Waals surface area contributed by atoms with Crippen LogP contribution in [0.1, 0.15) is 6.42 Å². The molecule has 0 spiro atoms. The number of carbonyl (C=O) groups is 1. The van der Waals surface area contributed by atoms with Crippen molar-refractivity contribution in [1.29, 1.82) is 0 Å². The number of aliphatic carboxylic acids is 1. The van der Waals surface area contributed by atoms with Crippen molar-refractivity contribution in [2.75, 3.05) is 24.6 Å². The lowest BCUT2D eigenvalue weighted by atomic mass is 9.95. The maximum absolute atomic E-state index is 10.9. The minimum atomic E-state index is -2.75. The third-order valence-corrected chi connectivity index (χ3v) is 4.64. The Kier molecular flexibility index (Phi) is 2.27. The molecule has 0 aromatic rings. The number of hydrogen-bond acceptors (Lipinski definition) is 4. The molecule has 0 amide bonds. The summed E-state index contributed by atoms with van der Waals surface area (Å²) in [4.78, 5) is 12.4. The molecule has 6 heteroatoms. The van der Waals surface area contributed by atoms with Crippen molar-refractivity contribution in [3.05, 3.63) is 0 Å². The smallest absolute Gasteiger partial charge is 0.303 e. The first-order chi connectivity index (χ1) is 6.46. The van der Waals surface area contributed by atoms with E-state index in [1.807, 2.05) is 0 Å². The topological polar surface area (TPSA) is 74.7 Å². The first kappa shape index (κ1) is 9.92. The Bertz CT molecular complexity index is 332. The monoisotopic (exact) mass is 219 g/mol. The normalized spacial score (nSPS) is 28.0. The summed E-state index contributed by atoms with van der Waals surface area (Å²) < 4.78 is 21.8. The number of rotatable bonds is 3. The average molecular weight is 219 g/mol. The number of carboxylic acids is 1. The summed E-state index contributed by atoms with van der Waals surface area (Å²) in [5.41, 5.74) is 0. The van der Waals surface area contributed by atoms with Crippen LogP contribution < -0.4 is 0 Å². The van der Waals surface area contributed by atoms with E-state index in [1.165, 1.54) is 0 Å². The van der Waals surface area contributed by atoms with Gasteiger partial charge in [0.15, 0.2) is 9.84 Å². The van der Waals surface area contributed by atoms with Gasteiger partial charge in [-0.2, -0.15) is 0 Å². The summed E-state index contributed by atoms with van der Waals surface area (Å²) >= 11 is 0. The first-order valence-electron chi connectivity index (χ1n) is 4.62. The van der Waals surface area contributed by atoms with Crippen LogP contribution in [0.3, 0.4) is 0 Å². The molecule has 80 valence electrons. The fraction of sp³-hybridized carbons (Fsp3) is 0.875. The minimum Gasteiger partial charge on any atom is -0.481 e. The Morgan fingerprint density at radius 1 is 1.36 bits per heavy atom. The van der Waals surface area contributed by atoms with E-state index < -0.39 is 15.8 Å². The summed E-state index contributed by atoms with van der Waals surface area (Å²) in [5.74, 6) is -0.0359. The zero-order valence-electron chi connectivity index (χ0n) is 7.72. The molecule has 2 saturated heterocycles. The maximum atomic E-state index is 10.9. The van der Waals surface area contributed by atoms with Crippen molar-refractivity contribution in [2.24, 2.45) is 5.92 Å². The largest absolute Gasteiger partial charge is 0.481 e. The lowest BCUT2D eigenvalue weighted by Gasteiger charge is -2.46. The van der Waals surface area contributed by atoms with E-state index in [0.717, 1.165) is 13.1 Å². The summed E-state index contributed by atoms with van der Waals surface area (Å²) in [6.45, 7) is 1.49. The summed E-state index contributed by atoms with van der Waals surface area (Å²) in [6.07, 6.45) is 0.204. The van der Waals surface area contributed by atoms with Gasteiger partial charge in [-0.15, -0.1) is 0 Å². The molecular weight excluding hydrogens is 206 g/mol. The van der Waals surface area contributed by atoms with Crippen molar-refractivity contribution in [1.82, 2.24) is 4.90 Å². The highest BCUT2D eigenvalue weighted by Gasteiger charge is 2.42. The van der Waals surface area contributed by atoms with Crippen LogP contribution in [0, 0.1) is 5.92 Å². The lowest BCUT2D eigenvalue weighted by Crippen LogP contribution is -2.61. The van der Waals surface area contributed by atoms with Gasteiger partial charge in [-0.1, -0.05) is 0 Å². The van der Waals surface area contributed by atoms with Crippen molar-refractivity contribution in [3.8, 4) is 0 Å². The van der Waals surface area contributed by atoms with Gasteiger partial charge < -0.3 is 5.11 Å². The van der Waals surface area contributed by atoms with Crippen molar-refractivity contribution in [3.63, 3.8) is 0 Å². The average Bonchev–Trinajstić information content (AvgIpc) is 1.90. The molecule has 0 atom stereocenters. The quantitative estimate of drug-likeness (QED) is 0.672. The predicted molar refractivity (Wildman–Crippen MR) is 49.8 cm³/mol. The van der Waals surface area contributed by atoms with Gasteiger partial charge >= 0.3 is 5.97 Å². The highest BCUT2D eigenvalue weighted by Crippen LogP contribution is 2.27. The number of carboxylic acid groups (broad SMARTS) is 1. The molecule has 0 aliphatic carbocycles. The lowest BCUT2D eigenvalue weighted by molar-refractivity contribution is -0.139. The van der Waals surface area contributed by atoms with Crippen LogP contribution in [-0.2, 0) is 14.6 Å². The molecule has 0 unspecified atom stereocenters. The fourth-order valence-electron chi connectivity index (χ4n) is 2.03. The zero-order chi connectivity index (χ0) is 10.3. The molecule has 0 bridgehead atoms. The van der Waals surface area contributed by atoms with Gasteiger partial charge in [0.05, 0.1) is 17.9 Å². The molecule has 2 heterocycles. The zero-order valence-corrected chi connectivity index (χ0v) is 8.53. The summed E-state index contributed by atoms with van der Waals surface area (Å²) in [5, 5.41) is 8.51. The molecule has 2 fully saturated rings. The van der Waals surface area contributed by atoms with Gasteiger partial charge in [0, 0.05) is 19.1 Å². The van der Waals surface area contributed by atoms with Crippen LogP contribution >= 0.6 is 0 Å². The van der Waals surface area contributed by atoms with Crippen LogP contribution in [0.15, 0.2) is 0 Å². The molecule has 14 heavy (non-hydrogen) atoms. The Morgan fingerprint density at radius 3 is 2.36 bits per heavy atom. The minimum absolute atomic E-state index is 0.157. The van der Waals surface area contributed by atoms with E-state index in [2.05, 4.69) is 4.90 Å². The van der Waals surface area contributed by atoms with Crippen LogP contribution in [-0.4, -0.2) is 55.0 Å². The summed E-state index contributed by atoms with van der Waals surface area (Å²) in [6, 6.07) is 0.157. The molecule has 1 N–H and O–H groups in total. The second kappa shape index (κ2) is 3.20. The van der Waals surface area contributed by atoms with E-state index in [-0.39, 0.29) is 29.9 Å². The fourth-order valence-corrected chi connectivity index (χ4v) is 3.53. The third kappa shape index (κ3) is 1.90. The number of hydrogen-bond donors (Lipinski definition) is 1. The van der Waals surface area contributed by atoms with Crippen molar-refractivity contribution >= 4 is 15.8 Å². The van der Waals surface area contributed by atoms with E-state index in [4.69, 9.17) is 5.11 Å². The second-order valence-corrected chi connectivity index (χ2v) is 6.30. The predicted octanol–water partition coefficient (Wildman–Crippen LogP) is -0.810. The molecule has 0 aromatic heterocycles. The van der Waals surface area contributed by atoms with E-state index in [0.29, 0.717) is 0 Å². The van der Waals surface area contributed by atoms with Gasteiger partial charge in [0.2, 0.25) is 0 Å². The molecule has 0 saturated carbocycles. The van der Waals surface area contributed by atoms with Gasteiger partial charge in [0.1, 0.15) is 0 Å². The van der Waals surface area contributed by atoms with Crippen LogP contribution in [0.4, 0.5) is 0 Å². The standard InChI is InChI=1S/C8H13NO4S/c10-8(11)1-6-2-9(3-6)7-4-14(12,13)5-7/h6-7H,1-5H2,(H,10,11). The summed E-state index contributed by atoms with van der Waals surface area (Å²) in [7, 11) is -2.75. The number of nitrogens with zero attached hydrogens (tertiary/aromatic N) is 1. The molecule has 0 radical (unpaired) electrons. The van der Waals surface area contributed by atoms with Crippen molar-refractivity contribution < 1.29 is 18.3 Å². The molecule has 2 aliphatic rings. The Labute approximate surface area is 82.6 Å². The molecule has 2 rings (SSSR count). The maximum Gasteiger partial charge on any atom is 0.303 e. The third-order valence-electron chi connectivity index (χ3n) is 2.86. The van der Waals surface area contributed by atoms with Crippen LogP contribution in [0.25, 0.3) is 0 Å². The van der Waals surface area contributed by atoms with Gasteiger partial charge in [0.25, 0.3) is 0 Å². The highest BCUT2D eigenvalue weighted by atomic mass is 32.2. The van der Waals surface area contributed by atoms with Crippen LogP contribution in [0.2, 0.25) is 0 Å². The number of likely N-dealkylation sites (tertiary alicyclic amines) is 1. The van der Waals surface area contributed by atoms with E-state index in [1.54, 1.807) is 0 Å². The van der Waals surface area contributed by atoms with Crippen LogP contribution in [0.5, 0.6) is 0 Å². The Balaban J connectivity index is 1.72.